The van der Waals surface area contributed by atoms with E-state index in [1.54, 1.807) is 30.4 Å². The molecule has 0 bridgehead atoms. The Bertz CT molecular complexity index is 1350. The minimum absolute atomic E-state index is 0.0409. The molecule has 5 rings (SSSR count). The van der Waals surface area contributed by atoms with Crippen LogP contribution in [0.3, 0.4) is 0 Å². The predicted octanol–water partition coefficient (Wildman–Crippen LogP) is 3.07. The summed E-state index contributed by atoms with van der Waals surface area (Å²) in [6.45, 7) is 1.95. The van der Waals surface area contributed by atoms with Crippen LogP contribution in [-0.2, 0) is 11.8 Å². The normalized spacial score (nSPS) is 17.3. The molecular weight excluding hydrogens is 406 g/mol. The third kappa shape index (κ3) is 3.51. The number of pyridine rings is 3. The van der Waals surface area contributed by atoms with Crippen molar-refractivity contribution in [2.45, 2.75) is 19.3 Å². The first kappa shape index (κ1) is 19.9. The van der Waals surface area contributed by atoms with Gasteiger partial charge in [0, 0.05) is 48.1 Å². The fourth-order valence-corrected chi connectivity index (χ4v) is 4.05. The number of amides is 1. The quantitative estimate of drug-likeness (QED) is 0.500. The Labute approximate surface area is 184 Å². The molecule has 3 N–H and O–H groups in total. The Morgan fingerprint density at radius 3 is 2.84 bits per heavy atom. The van der Waals surface area contributed by atoms with Gasteiger partial charge < -0.3 is 15.8 Å². The molecule has 2 atom stereocenters. The van der Waals surface area contributed by atoms with Crippen LogP contribution >= 0.6 is 0 Å². The zero-order valence-corrected chi connectivity index (χ0v) is 18.0. The Hall–Kier alpha value is -4.01. The zero-order valence-electron chi connectivity index (χ0n) is 18.0. The highest BCUT2D eigenvalue weighted by Crippen LogP contribution is 2.47. The molecule has 0 spiro atoms. The predicted molar refractivity (Wildman–Crippen MR) is 121 cm³/mol. The molecule has 32 heavy (non-hydrogen) atoms. The molecule has 0 saturated heterocycles. The maximum absolute atomic E-state index is 12.7. The summed E-state index contributed by atoms with van der Waals surface area (Å²) in [5, 5.41) is 8.69. The summed E-state index contributed by atoms with van der Waals surface area (Å²) in [4.78, 5) is 25.9. The summed E-state index contributed by atoms with van der Waals surface area (Å²) in [5.41, 5.74) is 9.73. The summed E-state index contributed by atoms with van der Waals surface area (Å²) in [5.74, 6) is 1.62. The van der Waals surface area contributed by atoms with Crippen LogP contribution in [0.5, 0.6) is 5.75 Å². The standard InChI is InChI=1S/C23H23N7O2/c1-12-17(8-25-10-20(12)32-3)19-4-13-5-21(26-9-18(13)22(24)28-19)29-23(31)16-6-15(16)14-7-27-30(2)11-14/h4-5,7-11,15-16H,6H2,1-3H3,(H2,24,28)(H,26,29,31). The van der Waals surface area contributed by atoms with Crippen LogP contribution in [0.1, 0.15) is 23.5 Å². The lowest BCUT2D eigenvalue weighted by atomic mass is 10.0. The van der Waals surface area contributed by atoms with Crippen LogP contribution in [0, 0.1) is 12.8 Å². The van der Waals surface area contributed by atoms with Gasteiger partial charge in [-0.2, -0.15) is 5.10 Å². The van der Waals surface area contributed by atoms with Crippen LogP contribution in [0.2, 0.25) is 0 Å². The number of carbonyl (C=O) groups excluding carboxylic acids is 1. The van der Waals surface area contributed by atoms with Gasteiger partial charge in [-0.1, -0.05) is 0 Å². The van der Waals surface area contributed by atoms with Crippen molar-refractivity contribution in [3.8, 4) is 17.0 Å². The molecule has 1 saturated carbocycles. The van der Waals surface area contributed by atoms with E-state index < -0.39 is 0 Å². The molecule has 4 aromatic rings. The average Bonchev–Trinajstić information content (AvgIpc) is 3.47. The summed E-state index contributed by atoms with van der Waals surface area (Å²) in [6, 6.07) is 3.74. The largest absolute Gasteiger partial charge is 0.495 e. The molecule has 2 unspecified atom stereocenters. The third-order valence-electron chi connectivity index (χ3n) is 5.94. The molecule has 162 valence electrons. The Morgan fingerprint density at radius 2 is 2.09 bits per heavy atom. The number of anilines is 2. The van der Waals surface area contributed by atoms with Crippen LogP contribution in [0.25, 0.3) is 22.0 Å². The smallest absolute Gasteiger partial charge is 0.229 e. The number of aromatic nitrogens is 5. The van der Waals surface area contributed by atoms with Gasteiger partial charge in [0.15, 0.2) is 0 Å². The number of fused-ring (bicyclic) bond motifs is 1. The topological polar surface area (TPSA) is 121 Å². The zero-order chi connectivity index (χ0) is 22.4. The molecule has 0 aromatic carbocycles. The van der Waals surface area contributed by atoms with Crippen molar-refractivity contribution >= 4 is 28.3 Å². The summed E-state index contributed by atoms with van der Waals surface area (Å²) in [7, 11) is 3.48. The SMILES string of the molecule is COc1cncc(-c2cc3cc(NC(=O)C4CC4c4cnn(C)c4)ncc3c(N)n2)c1C. The third-order valence-corrected chi connectivity index (χ3v) is 5.94. The number of nitrogens with two attached hydrogens (primary N) is 1. The maximum atomic E-state index is 12.7. The van der Waals surface area contributed by atoms with Gasteiger partial charge in [-0.3, -0.25) is 14.5 Å². The minimum Gasteiger partial charge on any atom is -0.495 e. The number of rotatable bonds is 5. The Kier molecular flexibility index (Phi) is 4.73. The fourth-order valence-electron chi connectivity index (χ4n) is 4.05. The molecule has 9 heteroatoms. The molecule has 1 amide bonds. The number of aryl methyl sites for hydroxylation is 1. The van der Waals surface area contributed by atoms with E-state index in [1.807, 2.05) is 38.5 Å². The van der Waals surface area contributed by atoms with Gasteiger partial charge in [-0.05, 0) is 42.3 Å². The van der Waals surface area contributed by atoms with E-state index in [0.717, 1.165) is 33.9 Å². The van der Waals surface area contributed by atoms with E-state index >= 15 is 0 Å². The van der Waals surface area contributed by atoms with E-state index in [2.05, 4.69) is 25.4 Å². The van der Waals surface area contributed by atoms with Crippen molar-refractivity contribution in [2.24, 2.45) is 13.0 Å². The fraction of sp³-hybridized carbons (Fsp3) is 0.261. The lowest BCUT2D eigenvalue weighted by molar-refractivity contribution is -0.117. The van der Waals surface area contributed by atoms with Crippen molar-refractivity contribution in [3.05, 3.63) is 54.2 Å². The number of nitrogen functional groups attached to an aromatic ring is 1. The Balaban J connectivity index is 1.42. The number of methoxy groups -OCH3 is 1. The number of carbonyl (C=O) groups is 1. The van der Waals surface area contributed by atoms with Crippen LogP contribution in [0.4, 0.5) is 11.6 Å². The second-order valence-electron chi connectivity index (χ2n) is 8.08. The maximum Gasteiger partial charge on any atom is 0.229 e. The molecule has 1 aliphatic rings. The lowest BCUT2D eigenvalue weighted by Crippen LogP contribution is -2.15. The first-order valence-electron chi connectivity index (χ1n) is 10.3. The van der Waals surface area contributed by atoms with Gasteiger partial charge >= 0.3 is 0 Å². The summed E-state index contributed by atoms with van der Waals surface area (Å²) < 4.78 is 7.13. The number of nitrogens with zero attached hydrogens (tertiary/aromatic N) is 5. The molecule has 1 aliphatic carbocycles. The van der Waals surface area contributed by atoms with Gasteiger partial charge in [0.05, 0.1) is 25.2 Å². The van der Waals surface area contributed by atoms with E-state index in [1.165, 1.54) is 0 Å². The van der Waals surface area contributed by atoms with Crippen molar-refractivity contribution < 1.29 is 9.53 Å². The van der Waals surface area contributed by atoms with Gasteiger partial charge in [0.1, 0.15) is 17.4 Å². The van der Waals surface area contributed by atoms with Crippen LogP contribution < -0.4 is 15.8 Å². The van der Waals surface area contributed by atoms with Crippen molar-refractivity contribution in [1.82, 2.24) is 24.7 Å². The van der Waals surface area contributed by atoms with E-state index in [9.17, 15) is 4.79 Å². The number of hydrogen-bond acceptors (Lipinski definition) is 7. The van der Waals surface area contributed by atoms with Crippen LogP contribution in [0.15, 0.2) is 43.1 Å². The lowest BCUT2D eigenvalue weighted by Gasteiger charge is -2.12. The number of hydrogen-bond donors (Lipinski definition) is 2. The van der Waals surface area contributed by atoms with Crippen molar-refractivity contribution in [1.29, 1.82) is 0 Å². The molecular formula is C23H23N7O2. The van der Waals surface area contributed by atoms with Crippen molar-refractivity contribution in [3.63, 3.8) is 0 Å². The highest BCUT2D eigenvalue weighted by atomic mass is 16.5. The second-order valence-corrected chi connectivity index (χ2v) is 8.08. The average molecular weight is 429 g/mol. The highest BCUT2D eigenvalue weighted by molar-refractivity contribution is 5.98. The number of nitrogens with one attached hydrogen (secondary N) is 1. The van der Waals surface area contributed by atoms with Gasteiger partial charge in [0.2, 0.25) is 5.91 Å². The Morgan fingerprint density at radius 1 is 1.25 bits per heavy atom. The molecule has 0 radical (unpaired) electrons. The minimum atomic E-state index is -0.0692. The molecule has 1 fully saturated rings. The highest BCUT2D eigenvalue weighted by Gasteiger charge is 2.44. The van der Waals surface area contributed by atoms with E-state index in [0.29, 0.717) is 23.1 Å². The molecule has 0 aliphatic heterocycles. The first-order chi connectivity index (χ1) is 15.4. The molecule has 4 heterocycles. The van der Waals surface area contributed by atoms with Crippen LogP contribution in [-0.4, -0.2) is 37.7 Å². The monoisotopic (exact) mass is 429 g/mol. The first-order valence-corrected chi connectivity index (χ1v) is 10.3. The van der Waals surface area contributed by atoms with Gasteiger partial charge in [-0.25, -0.2) is 9.97 Å². The summed E-state index contributed by atoms with van der Waals surface area (Å²) in [6.07, 6.45) is 9.63. The molecule has 4 aromatic heterocycles. The number of ether oxygens (including phenoxy) is 1. The van der Waals surface area contributed by atoms with Gasteiger partial charge in [-0.15, -0.1) is 0 Å². The van der Waals surface area contributed by atoms with Crippen molar-refractivity contribution in [2.75, 3.05) is 18.2 Å². The van der Waals surface area contributed by atoms with Gasteiger partial charge in [0.25, 0.3) is 0 Å². The molecule has 9 nitrogen and oxygen atoms in total. The van der Waals surface area contributed by atoms with E-state index in [4.69, 9.17) is 10.5 Å². The second kappa shape index (κ2) is 7.60. The van der Waals surface area contributed by atoms with E-state index in [-0.39, 0.29) is 17.7 Å². The summed E-state index contributed by atoms with van der Waals surface area (Å²) >= 11 is 0.